The minimum atomic E-state index is -0.211. The molecule has 2 fully saturated rings. The summed E-state index contributed by atoms with van der Waals surface area (Å²) in [5.41, 5.74) is 0.462. The Balaban J connectivity index is 2.43. The van der Waals surface area contributed by atoms with Gasteiger partial charge in [0.05, 0.1) is 12.2 Å². The largest absolute Gasteiger partial charge is 0.393 e. The fourth-order valence-corrected chi connectivity index (χ4v) is 7.83. The van der Waals surface area contributed by atoms with Crippen molar-refractivity contribution in [2.45, 2.75) is 134 Å². The third-order valence-corrected chi connectivity index (χ3v) is 10.0. The van der Waals surface area contributed by atoms with Crippen molar-refractivity contribution in [3.8, 4) is 0 Å². The summed E-state index contributed by atoms with van der Waals surface area (Å²) in [5.74, 6) is 3.39. The number of rotatable bonds is 3. The molecule has 0 spiro atoms. The Bertz CT molecular complexity index is 521. The van der Waals surface area contributed by atoms with Crippen LogP contribution in [0.3, 0.4) is 0 Å². The first kappa shape index (κ1) is 29.2. The molecular weight excluding hydrogens is 404 g/mol. The zero-order valence-electron chi connectivity index (χ0n) is 24.6. The average Bonchev–Trinajstić information content (AvgIpc) is 2.60. The highest BCUT2D eigenvalue weighted by Gasteiger charge is 2.51. The van der Waals surface area contributed by atoms with E-state index in [0.29, 0.717) is 41.4 Å². The standard InChI is InChI=1S/C31H60O2/c1-14-21(19-15-22(28(2,3)4)26(32)23(16-19)29(5,6)7)20-17-24(30(8,9)10)27(33)25(18-20)31(11,12)13/h19-27,32-33H,14-18H2,1-13H3. The molecule has 2 N–H and O–H groups in total. The molecule has 0 aromatic carbocycles. The van der Waals surface area contributed by atoms with Gasteiger partial charge in [-0.25, -0.2) is 0 Å². The molecule has 33 heavy (non-hydrogen) atoms. The van der Waals surface area contributed by atoms with Gasteiger partial charge >= 0.3 is 0 Å². The maximum Gasteiger partial charge on any atom is 0.0606 e. The van der Waals surface area contributed by atoms with E-state index in [0.717, 1.165) is 25.7 Å². The van der Waals surface area contributed by atoms with Gasteiger partial charge in [-0.2, -0.15) is 0 Å². The summed E-state index contributed by atoms with van der Waals surface area (Å²) in [6, 6.07) is 0. The van der Waals surface area contributed by atoms with Crippen LogP contribution in [0.5, 0.6) is 0 Å². The maximum absolute atomic E-state index is 11.5. The molecular formula is C31H60O2. The fourth-order valence-electron chi connectivity index (χ4n) is 7.83. The van der Waals surface area contributed by atoms with Gasteiger partial charge in [-0.15, -0.1) is 0 Å². The van der Waals surface area contributed by atoms with Crippen molar-refractivity contribution in [3.63, 3.8) is 0 Å². The van der Waals surface area contributed by atoms with Crippen molar-refractivity contribution in [2.24, 2.45) is 63.1 Å². The molecule has 2 aliphatic rings. The zero-order valence-corrected chi connectivity index (χ0v) is 24.6. The lowest BCUT2D eigenvalue weighted by molar-refractivity contribution is -0.118. The van der Waals surface area contributed by atoms with E-state index in [2.05, 4.69) is 90.0 Å². The van der Waals surface area contributed by atoms with Crippen molar-refractivity contribution in [3.05, 3.63) is 0 Å². The summed E-state index contributed by atoms with van der Waals surface area (Å²) in [4.78, 5) is 0. The number of aliphatic hydroxyl groups is 2. The van der Waals surface area contributed by atoms with Crippen LogP contribution in [-0.2, 0) is 0 Å². The van der Waals surface area contributed by atoms with Crippen LogP contribution in [0, 0.1) is 63.1 Å². The van der Waals surface area contributed by atoms with Crippen LogP contribution in [0.4, 0.5) is 0 Å². The van der Waals surface area contributed by atoms with Crippen molar-refractivity contribution >= 4 is 0 Å². The van der Waals surface area contributed by atoms with Crippen molar-refractivity contribution in [1.29, 1.82) is 0 Å². The molecule has 0 saturated heterocycles. The van der Waals surface area contributed by atoms with E-state index in [4.69, 9.17) is 0 Å². The molecule has 2 nitrogen and oxygen atoms in total. The molecule has 2 rings (SSSR count). The van der Waals surface area contributed by atoms with Crippen molar-refractivity contribution in [1.82, 2.24) is 0 Å². The number of hydrogen-bond acceptors (Lipinski definition) is 2. The lowest BCUT2D eigenvalue weighted by atomic mass is 9.52. The van der Waals surface area contributed by atoms with E-state index in [1.807, 2.05) is 0 Å². The van der Waals surface area contributed by atoms with Gasteiger partial charge in [-0.3, -0.25) is 0 Å². The first-order valence-corrected chi connectivity index (χ1v) is 14.1. The molecule has 0 aromatic rings. The molecule has 4 atom stereocenters. The van der Waals surface area contributed by atoms with Gasteiger partial charge in [0.25, 0.3) is 0 Å². The molecule has 196 valence electrons. The Morgan fingerprint density at radius 2 is 0.727 bits per heavy atom. The van der Waals surface area contributed by atoms with E-state index in [-0.39, 0.29) is 33.9 Å². The normalized spacial score (nSPS) is 38.3. The highest BCUT2D eigenvalue weighted by molar-refractivity contribution is 5.01. The van der Waals surface area contributed by atoms with E-state index >= 15 is 0 Å². The van der Waals surface area contributed by atoms with E-state index < -0.39 is 0 Å². The summed E-state index contributed by atoms with van der Waals surface area (Å²) < 4.78 is 0. The monoisotopic (exact) mass is 464 g/mol. The zero-order chi connectivity index (χ0) is 25.7. The smallest absolute Gasteiger partial charge is 0.0606 e. The summed E-state index contributed by atoms with van der Waals surface area (Å²) >= 11 is 0. The highest BCUT2D eigenvalue weighted by Crippen LogP contribution is 2.56. The molecule has 4 unspecified atom stereocenters. The summed E-state index contributed by atoms with van der Waals surface area (Å²) in [5, 5.41) is 23.0. The van der Waals surface area contributed by atoms with Crippen LogP contribution in [0.25, 0.3) is 0 Å². The molecule has 2 saturated carbocycles. The Morgan fingerprint density at radius 1 is 0.515 bits per heavy atom. The third-order valence-electron chi connectivity index (χ3n) is 10.0. The van der Waals surface area contributed by atoms with Gasteiger partial charge < -0.3 is 10.2 Å². The van der Waals surface area contributed by atoms with Gasteiger partial charge in [-0.1, -0.05) is 96.4 Å². The summed E-state index contributed by atoms with van der Waals surface area (Å²) in [6.07, 6.45) is 5.38. The Hall–Kier alpha value is -0.0800. The lowest BCUT2D eigenvalue weighted by Gasteiger charge is -2.55. The highest BCUT2D eigenvalue weighted by atomic mass is 16.3. The number of aliphatic hydroxyl groups excluding tert-OH is 2. The molecule has 0 aromatic heterocycles. The van der Waals surface area contributed by atoms with Gasteiger partial charge in [0.1, 0.15) is 0 Å². The predicted molar refractivity (Wildman–Crippen MR) is 143 cm³/mol. The van der Waals surface area contributed by atoms with E-state index in [9.17, 15) is 10.2 Å². The van der Waals surface area contributed by atoms with Gasteiger partial charge in [0.2, 0.25) is 0 Å². The van der Waals surface area contributed by atoms with Crippen molar-refractivity contribution in [2.75, 3.05) is 0 Å². The van der Waals surface area contributed by atoms with Crippen molar-refractivity contribution < 1.29 is 10.2 Å². The second-order valence-electron chi connectivity index (χ2n) is 16.4. The maximum atomic E-state index is 11.5. The minimum Gasteiger partial charge on any atom is -0.393 e. The molecule has 0 bridgehead atoms. The topological polar surface area (TPSA) is 40.5 Å². The minimum absolute atomic E-state index is 0.116. The van der Waals surface area contributed by atoms with Crippen LogP contribution in [0.15, 0.2) is 0 Å². The first-order valence-electron chi connectivity index (χ1n) is 14.1. The van der Waals surface area contributed by atoms with Crippen LogP contribution < -0.4 is 0 Å². The second-order valence-corrected chi connectivity index (χ2v) is 16.4. The molecule has 0 aliphatic heterocycles. The van der Waals surface area contributed by atoms with Crippen LogP contribution in [-0.4, -0.2) is 22.4 Å². The molecule has 0 radical (unpaired) electrons. The fraction of sp³-hybridized carbons (Fsp3) is 1.00. The lowest BCUT2D eigenvalue weighted by Crippen LogP contribution is -2.52. The molecule has 2 heteroatoms. The Labute approximate surface area is 207 Å². The first-order chi connectivity index (χ1) is 14.7. The summed E-state index contributed by atoms with van der Waals surface area (Å²) in [6.45, 7) is 30.3. The summed E-state index contributed by atoms with van der Waals surface area (Å²) in [7, 11) is 0. The van der Waals surface area contributed by atoms with Crippen LogP contribution >= 0.6 is 0 Å². The molecule has 2 aliphatic carbocycles. The Morgan fingerprint density at radius 3 is 0.879 bits per heavy atom. The number of hydrogen-bond donors (Lipinski definition) is 2. The van der Waals surface area contributed by atoms with Gasteiger partial charge in [0, 0.05) is 0 Å². The Kier molecular flexibility index (Phi) is 8.62. The van der Waals surface area contributed by atoms with Crippen LogP contribution in [0.1, 0.15) is 122 Å². The molecule has 0 heterocycles. The second kappa shape index (κ2) is 9.76. The molecule has 0 amide bonds. The SMILES string of the molecule is CCC(C1CC(C(C)(C)C)C(O)C(C(C)(C)C)C1)C1CC(C(C)(C)C)C(O)C(C(C)(C)C)C1. The van der Waals surface area contributed by atoms with Gasteiger partial charge in [0.15, 0.2) is 0 Å². The predicted octanol–water partition coefficient (Wildman–Crippen LogP) is 8.20. The van der Waals surface area contributed by atoms with E-state index in [1.165, 1.54) is 6.42 Å². The van der Waals surface area contributed by atoms with E-state index in [1.54, 1.807) is 0 Å². The third kappa shape index (κ3) is 6.58. The quantitative estimate of drug-likeness (QED) is 0.442. The van der Waals surface area contributed by atoms with Crippen LogP contribution in [0.2, 0.25) is 0 Å². The van der Waals surface area contributed by atoms with Gasteiger partial charge in [-0.05, 0) is 88.8 Å². The average molecular weight is 465 g/mol.